The van der Waals surface area contributed by atoms with E-state index in [1.807, 2.05) is 42.5 Å². The van der Waals surface area contributed by atoms with Crippen molar-refractivity contribution in [1.82, 2.24) is 0 Å². The van der Waals surface area contributed by atoms with Crippen LogP contribution in [0.4, 0.5) is 5.69 Å². The van der Waals surface area contributed by atoms with Crippen molar-refractivity contribution in [3.8, 4) is 11.8 Å². The Morgan fingerprint density at radius 2 is 1.71 bits per heavy atom. The van der Waals surface area contributed by atoms with Gasteiger partial charge in [0, 0.05) is 15.7 Å². The van der Waals surface area contributed by atoms with E-state index in [1.54, 1.807) is 30.3 Å². The van der Waals surface area contributed by atoms with Crippen molar-refractivity contribution >= 4 is 86.1 Å². The van der Waals surface area contributed by atoms with E-state index in [2.05, 4.69) is 50.5 Å². The smallest absolute Gasteiger partial charge is 0.266 e. The first-order valence-electron chi connectivity index (χ1n) is 8.90. The molecule has 0 bridgehead atoms. The lowest BCUT2D eigenvalue weighted by atomic mass is 10.1. The third-order valence-corrected chi connectivity index (χ3v) is 6.17. The summed E-state index contributed by atoms with van der Waals surface area (Å²) < 4.78 is 7.73. The fourth-order valence-corrected chi connectivity index (χ4v) is 5.06. The van der Waals surface area contributed by atoms with Crippen molar-refractivity contribution in [3.63, 3.8) is 0 Å². The average Bonchev–Trinajstić information content (AvgIpc) is 2.72. The lowest BCUT2D eigenvalue weighted by Gasteiger charge is -2.12. The molecule has 3 aromatic carbocycles. The van der Waals surface area contributed by atoms with Crippen molar-refractivity contribution in [3.05, 3.63) is 94.5 Å². The number of carbonyl (C=O) groups is 1. The minimum Gasteiger partial charge on any atom is -0.487 e. The Bertz CT molecular complexity index is 1170. The zero-order valence-corrected chi connectivity index (χ0v) is 21.7. The highest BCUT2D eigenvalue weighted by atomic mass is 127. The summed E-state index contributed by atoms with van der Waals surface area (Å²) in [4.78, 5) is 12.5. The van der Waals surface area contributed by atoms with Crippen molar-refractivity contribution < 1.29 is 9.53 Å². The lowest BCUT2D eigenvalue weighted by molar-refractivity contribution is -0.112. The van der Waals surface area contributed by atoms with Crippen LogP contribution in [0, 0.1) is 18.5 Å². The lowest BCUT2D eigenvalue weighted by Crippen LogP contribution is -2.13. The van der Waals surface area contributed by atoms with E-state index < -0.39 is 5.91 Å². The van der Waals surface area contributed by atoms with E-state index in [0.717, 1.165) is 24.0 Å². The maximum Gasteiger partial charge on any atom is 0.266 e. The molecule has 0 atom stereocenters. The number of hydrogen-bond acceptors (Lipinski definition) is 3. The number of nitriles is 1. The first-order valence-corrected chi connectivity index (χ1v) is 11.8. The molecule has 4 nitrogen and oxygen atoms in total. The molecule has 3 aromatic rings. The van der Waals surface area contributed by atoms with Gasteiger partial charge >= 0.3 is 0 Å². The molecule has 1 amide bonds. The molecule has 0 aliphatic heterocycles. The van der Waals surface area contributed by atoms with Crippen LogP contribution in [0.5, 0.6) is 5.75 Å². The largest absolute Gasteiger partial charge is 0.487 e. The average molecular weight is 675 g/mol. The van der Waals surface area contributed by atoms with Gasteiger partial charge in [0.25, 0.3) is 5.91 Å². The summed E-state index contributed by atoms with van der Waals surface area (Å²) in [6.07, 6.45) is 1.55. The monoisotopic (exact) mass is 674 g/mol. The number of halogens is 4. The van der Waals surface area contributed by atoms with Crippen LogP contribution in [0.15, 0.2) is 66.2 Å². The predicted molar refractivity (Wildman–Crippen MR) is 141 cm³/mol. The van der Waals surface area contributed by atoms with Crippen LogP contribution in [0.3, 0.4) is 0 Å². The number of anilines is 1. The molecule has 3 rings (SSSR count). The van der Waals surface area contributed by atoms with Crippen molar-refractivity contribution in [1.29, 1.82) is 5.26 Å². The molecular weight excluding hydrogens is 661 g/mol. The minimum absolute atomic E-state index is 0.0126. The summed E-state index contributed by atoms with van der Waals surface area (Å²) in [6, 6.07) is 19.9. The predicted octanol–water partition coefficient (Wildman–Crippen LogP) is 7.33. The first kappa shape index (κ1) is 23.9. The van der Waals surface area contributed by atoms with Gasteiger partial charge in [0.15, 0.2) is 0 Å². The Labute approximate surface area is 217 Å². The topological polar surface area (TPSA) is 62.1 Å². The summed E-state index contributed by atoms with van der Waals surface area (Å²) in [6.45, 7) is 0.407. The van der Waals surface area contributed by atoms with Crippen LogP contribution >= 0.6 is 68.4 Å². The van der Waals surface area contributed by atoms with Gasteiger partial charge in [-0.15, -0.1) is 0 Å². The number of rotatable bonds is 6. The third kappa shape index (κ3) is 6.84. The molecule has 0 radical (unpaired) electrons. The zero-order valence-electron chi connectivity index (χ0n) is 15.8. The third-order valence-electron chi connectivity index (χ3n) is 4.08. The van der Waals surface area contributed by atoms with Crippen LogP contribution < -0.4 is 10.1 Å². The fraction of sp³-hybridized carbons (Fsp3) is 0.0435. The second-order valence-corrected chi connectivity index (χ2v) is 9.56. The highest BCUT2D eigenvalue weighted by molar-refractivity contribution is 14.1. The van der Waals surface area contributed by atoms with Crippen LogP contribution in [-0.4, -0.2) is 5.91 Å². The molecule has 0 saturated carbocycles. The molecule has 0 aliphatic rings. The summed E-state index contributed by atoms with van der Waals surface area (Å²) >= 11 is 16.2. The molecule has 0 saturated heterocycles. The summed E-state index contributed by atoms with van der Waals surface area (Å²) in [5.41, 5.74) is 2.24. The first-order chi connectivity index (χ1) is 14.9. The number of carbonyl (C=O) groups excluding carboxylic acids is 1. The Kier molecular flexibility index (Phi) is 8.60. The van der Waals surface area contributed by atoms with Crippen molar-refractivity contribution in [2.24, 2.45) is 0 Å². The van der Waals surface area contributed by atoms with Crippen LogP contribution in [0.2, 0.25) is 10.0 Å². The number of benzene rings is 3. The quantitative estimate of drug-likeness (QED) is 0.169. The van der Waals surface area contributed by atoms with Gasteiger partial charge in [-0.25, -0.2) is 0 Å². The Morgan fingerprint density at radius 3 is 2.32 bits per heavy atom. The molecule has 0 aromatic heterocycles. The second-order valence-electron chi connectivity index (χ2n) is 6.36. The van der Waals surface area contributed by atoms with Crippen LogP contribution in [-0.2, 0) is 11.4 Å². The molecule has 31 heavy (non-hydrogen) atoms. The summed E-state index contributed by atoms with van der Waals surface area (Å²) in [7, 11) is 0. The van der Waals surface area contributed by atoms with Crippen molar-refractivity contribution in [2.75, 3.05) is 5.32 Å². The summed E-state index contributed by atoms with van der Waals surface area (Å²) in [5.74, 6) is 0.244. The van der Waals surface area contributed by atoms with E-state index in [0.29, 0.717) is 22.3 Å². The molecule has 156 valence electrons. The Morgan fingerprint density at radius 1 is 1.03 bits per heavy atom. The van der Waals surface area contributed by atoms with E-state index in [9.17, 15) is 10.1 Å². The van der Waals surface area contributed by atoms with Crippen molar-refractivity contribution in [2.45, 2.75) is 6.61 Å². The van der Waals surface area contributed by atoms with E-state index in [4.69, 9.17) is 27.9 Å². The van der Waals surface area contributed by atoms with Gasteiger partial charge in [-0.1, -0.05) is 41.4 Å². The van der Waals surface area contributed by atoms with E-state index >= 15 is 0 Å². The van der Waals surface area contributed by atoms with E-state index in [1.165, 1.54) is 0 Å². The second kappa shape index (κ2) is 11.2. The molecule has 1 N–H and O–H groups in total. The van der Waals surface area contributed by atoms with Gasteiger partial charge in [0.2, 0.25) is 0 Å². The standard InChI is InChI=1S/C23H14Cl2I2N2O2/c24-17-6-4-14(5-7-17)13-31-22-20(26)9-15(10-21(22)27)8-16(12-28)23(30)29-19-3-1-2-18(25)11-19/h1-11H,13H2,(H,29,30)/b16-8+. The maximum absolute atomic E-state index is 12.5. The fourth-order valence-electron chi connectivity index (χ4n) is 2.62. The number of amides is 1. The SMILES string of the molecule is N#C/C(=C\c1cc(I)c(OCc2ccc(Cl)cc2)c(I)c1)C(=O)Nc1cccc(Cl)c1. The number of nitrogens with one attached hydrogen (secondary N) is 1. The highest BCUT2D eigenvalue weighted by Crippen LogP contribution is 2.30. The van der Waals surface area contributed by atoms with Gasteiger partial charge < -0.3 is 10.1 Å². The molecule has 0 spiro atoms. The number of ether oxygens (including phenoxy) is 1. The highest BCUT2D eigenvalue weighted by Gasteiger charge is 2.13. The maximum atomic E-state index is 12.5. The zero-order chi connectivity index (χ0) is 22.4. The van der Waals surface area contributed by atoms with Gasteiger partial charge in [0.1, 0.15) is 24.0 Å². The minimum atomic E-state index is -0.502. The molecule has 0 unspecified atom stereocenters. The Hall–Kier alpha value is -1.80. The molecule has 8 heteroatoms. The van der Waals surface area contributed by atoms with Gasteiger partial charge in [-0.3, -0.25) is 4.79 Å². The molecule has 0 heterocycles. The van der Waals surface area contributed by atoms with E-state index in [-0.39, 0.29) is 5.57 Å². The summed E-state index contributed by atoms with van der Waals surface area (Å²) in [5, 5.41) is 13.3. The molecular formula is C23H14Cl2I2N2O2. The van der Waals surface area contributed by atoms with Crippen LogP contribution in [0.1, 0.15) is 11.1 Å². The van der Waals surface area contributed by atoms with Gasteiger partial charge in [0.05, 0.1) is 7.14 Å². The van der Waals surface area contributed by atoms with Gasteiger partial charge in [-0.2, -0.15) is 5.26 Å². The number of nitrogens with zero attached hydrogens (tertiary/aromatic N) is 1. The van der Waals surface area contributed by atoms with Gasteiger partial charge in [-0.05, 0) is 105 Å². The molecule has 0 fully saturated rings. The molecule has 0 aliphatic carbocycles. The van der Waals surface area contributed by atoms with Crippen LogP contribution in [0.25, 0.3) is 6.08 Å². The Balaban J connectivity index is 1.76. The normalized spacial score (nSPS) is 11.0. The number of hydrogen-bond donors (Lipinski definition) is 1.